The summed E-state index contributed by atoms with van der Waals surface area (Å²) < 4.78 is 14.6. The number of aromatic nitrogens is 4. The highest BCUT2D eigenvalue weighted by Gasteiger charge is 2.52. The molecular weight excluding hydrogens is 796 g/mol. The molecule has 2 N–H and O–H groups in total. The van der Waals surface area contributed by atoms with Crippen molar-refractivity contribution in [1.82, 2.24) is 30.9 Å². The number of anilines is 2. The minimum absolute atomic E-state index is 0.209. The molecule has 2 unspecified atom stereocenters. The van der Waals surface area contributed by atoms with Gasteiger partial charge in [0.2, 0.25) is 11.8 Å². The van der Waals surface area contributed by atoms with Gasteiger partial charge in [-0.1, -0.05) is 53.7 Å². The molecule has 6 heterocycles. The number of nitrogens with one attached hydrogen (secondary N) is 2. The molecule has 0 aliphatic carbocycles. The molecule has 13 nitrogen and oxygen atoms in total. The number of carbonyl (C=O) groups is 1. The van der Waals surface area contributed by atoms with Crippen molar-refractivity contribution < 1.29 is 23.9 Å². The van der Waals surface area contributed by atoms with Crippen LogP contribution in [0.15, 0.2) is 94.4 Å². The van der Waals surface area contributed by atoms with Crippen LogP contribution in [0.5, 0.6) is 11.8 Å². The highest BCUT2D eigenvalue weighted by molar-refractivity contribution is 9.10. The molecule has 0 saturated carbocycles. The normalized spacial score (nSPS) is 23.4. The minimum Gasteiger partial charge on any atom is -0.471 e. The first kappa shape index (κ1) is 37.7. The summed E-state index contributed by atoms with van der Waals surface area (Å²) in [6.45, 7) is 13.7. The van der Waals surface area contributed by atoms with Crippen LogP contribution in [0.25, 0.3) is 0 Å². The number of pyridine rings is 4. The monoisotopic (exact) mass is 838 g/mol. The zero-order valence-electron chi connectivity index (χ0n) is 29.9. The second kappa shape index (κ2) is 15.9. The summed E-state index contributed by atoms with van der Waals surface area (Å²) in [5, 5.41) is 0. The number of nitrogens with zero attached hydrogens (tertiary/aromatic N) is 6. The summed E-state index contributed by atoms with van der Waals surface area (Å²) in [6.07, 6.45) is 4.98. The van der Waals surface area contributed by atoms with Gasteiger partial charge in [0.05, 0.1) is 25.2 Å². The summed E-state index contributed by atoms with van der Waals surface area (Å²) in [5.41, 5.74) is 5.43. The fourth-order valence-electron chi connectivity index (χ4n) is 7.10. The molecule has 4 aromatic heterocycles. The van der Waals surface area contributed by atoms with Crippen molar-refractivity contribution >= 4 is 49.7 Å². The molecule has 0 spiro atoms. The molecule has 0 aromatic carbocycles. The zero-order chi connectivity index (χ0) is 37.0. The largest absolute Gasteiger partial charge is 0.547 e. The van der Waals surface area contributed by atoms with E-state index < -0.39 is 30.4 Å². The number of hydrogen-bond donors (Lipinski definition) is 2. The Morgan fingerprint density at radius 2 is 1.08 bits per heavy atom. The Hall–Kier alpha value is -4.05. The Morgan fingerprint density at radius 3 is 1.40 bits per heavy atom. The Bertz CT molecular complexity index is 1630. The Kier molecular flexibility index (Phi) is 11.5. The van der Waals surface area contributed by atoms with Crippen LogP contribution in [0.4, 0.5) is 16.4 Å². The molecule has 2 aliphatic rings. The van der Waals surface area contributed by atoms with Crippen LogP contribution in [0.3, 0.4) is 0 Å². The van der Waals surface area contributed by atoms with E-state index in [0.717, 1.165) is 20.6 Å². The fourth-order valence-corrected chi connectivity index (χ4v) is 7.56. The Balaban J connectivity index is 1.21. The predicted molar refractivity (Wildman–Crippen MR) is 204 cm³/mol. The summed E-state index contributed by atoms with van der Waals surface area (Å²) in [4.78, 5) is 47.2. The molecule has 2 saturated heterocycles. The van der Waals surface area contributed by atoms with Crippen LogP contribution in [-0.2, 0) is 9.68 Å². The third-order valence-corrected chi connectivity index (χ3v) is 10.0. The number of rotatable bonds is 10. The second-order valence-electron chi connectivity index (χ2n) is 15.0. The fraction of sp³-hybridized carbons (Fsp3) is 0.432. The van der Waals surface area contributed by atoms with Gasteiger partial charge in [0.25, 0.3) is 0 Å². The average molecular weight is 841 g/mol. The predicted octanol–water partition coefficient (Wildman–Crippen LogP) is 6.76. The smallest absolute Gasteiger partial charge is 0.471 e. The summed E-state index contributed by atoms with van der Waals surface area (Å²) in [6, 6.07) is 17.4. The Morgan fingerprint density at radius 1 is 0.654 bits per heavy atom. The van der Waals surface area contributed by atoms with E-state index in [2.05, 4.69) is 114 Å². The number of carbonyl (C=O) groups excluding carboxylic acids is 1. The van der Waals surface area contributed by atoms with E-state index in [1.165, 1.54) is 0 Å². The lowest BCUT2D eigenvalue weighted by Gasteiger charge is -2.39. The molecule has 0 bridgehead atoms. The minimum atomic E-state index is -0.964. The van der Waals surface area contributed by atoms with Crippen molar-refractivity contribution in [1.29, 1.82) is 0 Å². The molecule has 15 heteroatoms. The third kappa shape index (κ3) is 8.93. The maximum Gasteiger partial charge on any atom is 0.547 e. The van der Waals surface area contributed by atoms with Crippen molar-refractivity contribution in [2.24, 2.45) is 10.8 Å². The van der Waals surface area contributed by atoms with Crippen molar-refractivity contribution in [3.8, 4) is 11.8 Å². The molecule has 2 fully saturated rings. The second-order valence-corrected chi connectivity index (χ2v) is 16.8. The number of hydrogen-bond acceptors (Lipinski definition) is 13. The van der Waals surface area contributed by atoms with Gasteiger partial charge >= 0.3 is 6.16 Å². The highest BCUT2D eigenvalue weighted by atomic mass is 79.9. The lowest BCUT2D eigenvalue weighted by Crippen LogP contribution is -2.55. The lowest BCUT2D eigenvalue weighted by molar-refractivity contribution is -0.0553. The van der Waals surface area contributed by atoms with Gasteiger partial charge in [-0.25, -0.2) is 19.9 Å². The molecule has 0 radical (unpaired) electrons. The van der Waals surface area contributed by atoms with E-state index in [0.29, 0.717) is 24.8 Å². The van der Waals surface area contributed by atoms with Crippen LogP contribution >= 0.6 is 31.9 Å². The maximum absolute atomic E-state index is 13.4. The standard InChI is InChI=1S/C37H44Br2N8O5/c1-36(2,3)33-31(25(49-29-11-7-9-17-40-29)21-46(33)27-15-13-23(38)19-42-27)44-51-35(48)52-45-32-26(50-30-12-8-10-18-41-30)22-47(34(32)37(4,5)6)28-16-14-24(39)20-43-28/h7-20,25-26,31-34,44-45H,21-22H2,1-6H3/t25-,26-,31+,32+,33?,34?/m0/s1. The van der Waals surface area contributed by atoms with Gasteiger partial charge in [0, 0.05) is 45.9 Å². The number of ether oxygens (including phenoxy) is 2. The lowest BCUT2D eigenvalue weighted by atomic mass is 9.82. The molecule has 4 aromatic rings. The van der Waals surface area contributed by atoms with Gasteiger partial charge < -0.3 is 28.9 Å². The highest BCUT2D eigenvalue weighted by Crippen LogP contribution is 2.39. The van der Waals surface area contributed by atoms with E-state index in [1.54, 1.807) is 36.9 Å². The topological polar surface area (TPSA) is 136 Å². The quantitative estimate of drug-likeness (QED) is 0.163. The van der Waals surface area contributed by atoms with Crippen molar-refractivity contribution in [2.45, 2.75) is 77.9 Å². The molecule has 6 rings (SSSR count). The van der Waals surface area contributed by atoms with Gasteiger partial charge in [-0.3, -0.25) is 0 Å². The van der Waals surface area contributed by atoms with E-state index in [9.17, 15) is 4.79 Å². The van der Waals surface area contributed by atoms with Gasteiger partial charge in [0.1, 0.15) is 35.9 Å². The van der Waals surface area contributed by atoms with Crippen LogP contribution in [-0.4, -0.2) is 75.6 Å². The first-order valence-electron chi connectivity index (χ1n) is 17.1. The molecular formula is C37H44Br2N8O5. The van der Waals surface area contributed by atoms with Crippen LogP contribution in [0.2, 0.25) is 0 Å². The average Bonchev–Trinajstić information content (AvgIpc) is 3.66. The summed E-state index contributed by atoms with van der Waals surface area (Å²) in [5.74, 6) is 2.45. The summed E-state index contributed by atoms with van der Waals surface area (Å²) in [7, 11) is 0. The first-order valence-corrected chi connectivity index (χ1v) is 18.7. The van der Waals surface area contributed by atoms with Gasteiger partial charge in [-0.2, -0.15) is 4.79 Å². The molecule has 2 aliphatic heterocycles. The molecule has 276 valence electrons. The van der Waals surface area contributed by atoms with Gasteiger partial charge in [-0.05, 0) is 79.1 Å². The Labute approximate surface area is 321 Å². The van der Waals surface area contributed by atoms with Gasteiger partial charge in [0.15, 0.2) is 0 Å². The van der Waals surface area contributed by atoms with Crippen LogP contribution in [0.1, 0.15) is 41.5 Å². The van der Waals surface area contributed by atoms with Crippen molar-refractivity contribution in [2.75, 3.05) is 22.9 Å². The van der Waals surface area contributed by atoms with Gasteiger partial charge in [-0.15, -0.1) is 11.0 Å². The van der Waals surface area contributed by atoms with E-state index in [-0.39, 0.29) is 22.9 Å². The van der Waals surface area contributed by atoms with E-state index in [4.69, 9.17) is 19.1 Å². The molecule has 0 amide bonds. The zero-order valence-corrected chi connectivity index (χ0v) is 33.1. The third-order valence-electron chi connectivity index (χ3n) is 9.07. The first-order chi connectivity index (χ1) is 24.8. The maximum atomic E-state index is 13.4. The van der Waals surface area contributed by atoms with Crippen LogP contribution in [0, 0.1) is 10.8 Å². The van der Waals surface area contributed by atoms with Crippen molar-refractivity contribution in [3.63, 3.8) is 0 Å². The number of halogens is 2. The number of hydroxylamine groups is 2. The summed E-state index contributed by atoms with van der Waals surface area (Å²) >= 11 is 6.97. The SMILES string of the molecule is CC(C)(C)C1[C@H](NOC(=O)ON[C@H]2C(C(C)(C)C)N(c3ccc(Br)cn3)C[C@@H]2Oc2ccccn2)[C@@H](Oc2ccccn2)CN1c1ccc(Br)cn1. The van der Waals surface area contributed by atoms with E-state index in [1.807, 2.05) is 48.5 Å². The molecule has 6 atom stereocenters. The van der Waals surface area contributed by atoms with E-state index >= 15 is 0 Å². The van der Waals surface area contributed by atoms with Crippen LogP contribution < -0.4 is 30.2 Å². The molecule has 52 heavy (non-hydrogen) atoms. The van der Waals surface area contributed by atoms with Crippen molar-refractivity contribution in [3.05, 3.63) is 94.4 Å².